The summed E-state index contributed by atoms with van der Waals surface area (Å²) in [6.07, 6.45) is 1.57. The summed E-state index contributed by atoms with van der Waals surface area (Å²) >= 11 is 0. The molecule has 1 heterocycles. The van der Waals surface area contributed by atoms with Gasteiger partial charge in [0.15, 0.2) is 0 Å². The largest absolute Gasteiger partial charge is 0.454 e. The van der Waals surface area contributed by atoms with E-state index in [1.165, 1.54) is 0 Å². The molecule has 1 atom stereocenters. The number of ether oxygens (including phenoxy) is 1. The van der Waals surface area contributed by atoms with Crippen molar-refractivity contribution in [3.63, 3.8) is 0 Å². The molecule has 0 bridgehead atoms. The summed E-state index contributed by atoms with van der Waals surface area (Å²) in [4.78, 5) is 11.3. The molecule has 0 amide bonds. The quantitative estimate of drug-likeness (QED) is 0.557. The molecule has 0 saturated carbocycles. The highest BCUT2D eigenvalue weighted by atomic mass is 16.5. The van der Waals surface area contributed by atoms with Gasteiger partial charge in [-0.3, -0.25) is 0 Å². The first-order valence-corrected chi connectivity index (χ1v) is 5.05. The molecule has 0 N–H and O–H groups in total. The number of rotatable bonds is 0. The van der Waals surface area contributed by atoms with Gasteiger partial charge in [-0.1, -0.05) is 41.5 Å². The Morgan fingerprint density at radius 2 is 1.64 bits per heavy atom. The summed E-state index contributed by atoms with van der Waals surface area (Å²) in [6.45, 7) is 12.6. The molecule has 0 aliphatic carbocycles. The Balaban J connectivity index is 3.03. The molecule has 0 saturated heterocycles. The molecule has 1 aliphatic heterocycles. The van der Waals surface area contributed by atoms with E-state index in [1.54, 1.807) is 6.08 Å². The second-order valence-electron chi connectivity index (χ2n) is 6.03. The summed E-state index contributed by atoms with van der Waals surface area (Å²) in [5.74, 6) is -0.199. The highest BCUT2D eigenvalue weighted by molar-refractivity contribution is 5.86. The van der Waals surface area contributed by atoms with Gasteiger partial charge >= 0.3 is 5.97 Å². The van der Waals surface area contributed by atoms with Gasteiger partial charge in [0.1, 0.15) is 6.10 Å². The molecule has 0 fully saturated rings. The van der Waals surface area contributed by atoms with Crippen LogP contribution < -0.4 is 0 Å². The van der Waals surface area contributed by atoms with Crippen LogP contribution >= 0.6 is 0 Å². The van der Waals surface area contributed by atoms with Crippen LogP contribution in [0.15, 0.2) is 11.6 Å². The van der Waals surface area contributed by atoms with Crippen molar-refractivity contribution in [1.29, 1.82) is 0 Å². The second kappa shape index (κ2) is 3.11. The highest BCUT2D eigenvalue weighted by Crippen LogP contribution is 2.40. The van der Waals surface area contributed by atoms with E-state index in [4.69, 9.17) is 4.74 Å². The lowest BCUT2D eigenvalue weighted by molar-refractivity contribution is -0.142. The van der Waals surface area contributed by atoms with Crippen molar-refractivity contribution in [2.24, 2.45) is 10.8 Å². The minimum absolute atomic E-state index is 0.00407. The van der Waals surface area contributed by atoms with Crippen molar-refractivity contribution in [2.75, 3.05) is 0 Å². The molecule has 0 aromatic rings. The number of carbonyl (C=O) groups excluding carboxylic acids is 1. The molecule has 0 radical (unpaired) electrons. The Morgan fingerprint density at radius 1 is 1.14 bits per heavy atom. The molecular formula is C12H20O2. The fourth-order valence-corrected chi connectivity index (χ4v) is 1.67. The van der Waals surface area contributed by atoms with Crippen molar-refractivity contribution in [3.8, 4) is 0 Å². The first-order valence-electron chi connectivity index (χ1n) is 5.05. The zero-order valence-corrected chi connectivity index (χ0v) is 9.97. The highest BCUT2D eigenvalue weighted by Gasteiger charge is 2.40. The summed E-state index contributed by atoms with van der Waals surface area (Å²) in [5, 5.41) is 0. The van der Waals surface area contributed by atoms with Crippen molar-refractivity contribution >= 4 is 5.97 Å². The number of hydrogen-bond acceptors (Lipinski definition) is 2. The summed E-state index contributed by atoms with van der Waals surface area (Å²) in [6, 6.07) is 0. The maximum Gasteiger partial charge on any atom is 0.331 e. The van der Waals surface area contributed by atoms with Gasteiger partial charge in [0.25, 0.3) is 0 Å². The standard InChI is InChI=1S/C12H20O2/c1-11(2,3)8-7-9(13)14-10(8)12(4,5)6/h7,10H,1-6H3/t10-/m0/s1. The monoisotopic (exact) mass is 196 g/mol. The fraction of sp³-hybridized carbons (Fsp3) is 0.750. The summed E-state index contributed by atoms with van der Waals surface area (Å²) < 4.78 is 5.33. The van der Waals surface area contributed by atoms with Crippen LogP contribution in [0.2, 0.25) is 0 Å². The third kappa shape index (κ3) is 2.17. The molecule has 0 aromatic carbocycles. The van der Waals surface area contributed by atoms with Crippen LogP contribution in [-0.4, -0.2) is 12.1 Å². The number of cyclic esters (lactones) is 1. The van der Waals surface area contributed by atoms with Gasteiger partial charge in [0, 0.05) is 11.5 Å². The smallest absolute Gasteiger partial charge is 0.331 e. The average Bonchev–Trinajstić information content (AvgIpc) is 2.27. The maximum atomic E-state index is 11.3. The van der Waals surface area contributed by atoms with E-state index in [9.17, 15) is 4.79 Å². The predicted octanol–water partition coefficient (Wildman–Crippen LogP) is 2.93. The second-order valence-corrected chi connectivity index (χ2v) is 6.03. The first-order chi connectivity index (χ1) is 6.12. The van der Waals surface area contributed by atoms with Crippen LogP contribution in [0.1, 0.15) is 41.5 Å². The number of esters is 1. The maximum absolute atomic E-state index is 11.3. The van der Waals surface area contributed by atoms with Crippen LogP contribution in [0.3, 0.4) is 0 Å². The predicted molar refractivity (Wildman–Crippen MR) is 56.9 cm³/mol. The lowest BCUT2D eigenvalue weighted by Gasteiger charge is -2.33. The van der Waals surface area contributed by atoms with Gasteiger partial charge < -0.3 is 4.74 Å². The van der Waals surface area contributed by atoms with E-state index >= 15 is 0 Å². The van der Waals surface area contributed by atoms with Crippen LogP contribution in [0.4, 0.5) is 0 Å². The van der Waals surface area contributed by atoms with Crippen LogP contribution in [0, 0.1) is 10.8 Å². The van der Waals surface area contributed by atoms with Gasteiger partial charge in [-0.15, -0.1) is 0 Å². The van der Waals surface area contributed by atoms with E-state index < -0.39 is 0 Å². The van der Waals surface area contributed by atoms with Gasteiger partial charge in [-0.05, 0) is 11.0 Å². The van der Waals surface area contributed by atoms with E-state index in [1.807, 2.05) is 0 Å². The summed E-state index contributed by atoms with van der Waals surface area (Å²) in [7, 11) is 0. The van der Waals surface area contributed by atoms with Crippen LogP contribution in [0.25, 0.3) is 0 Å². The topological polar surface area (TPSA) is 26.3 Å². The van der Waals surface area contributed by atoms with Crippen molar-refractivity contribution in [3.05, 3.63) is 11.6 Å². The Morgan fingerprint density at radius 3 is 1.93 bits per heavy atom. The van der Waals surface area contributed by atoms with Gasteiger partial charge in [0.05, 0.1) is 0 Å². The van der Waals surface area contributed by atoms with Gasteiger partial charge in [-0.2, -0.15) is 0 Å². The zero-order chi connectivity index (χ0) is 11.1. The van der Waals surface area contributed by atoms with Gasteiger partial charge in [0.2, 0.25) is 0 Å². The van der Waals surface area contributed by atoms with Crippen molar-refractivity contribution < 1.29 is 9.53 Å². The molecule has 0 aromatic heterocycles. The normalized spacial score (nSPS) is 23.4. The van der Waals surface area contributed by atoms with Crippen molar-refractivity contribution in [2.45, 2.75) is 47.6 Å². The molecule has 0 unspecified atom stereocenters. The van der Waals surface area contributed by atoms with Crippen LogP contribution in [0.5, 0.6) is 0 Å². The van der Waals surface area contributed by atoms with E-state index in [-0.39, 0.29) is 22.9 Å². The Bertz CT molecular complexity index is 274. The third-order valence-corrected chi connectivity index (χ3v) is 2.44. The SMILES string of the molecule is CC(C)(C)C1=CC(=O)O[C@@H]1C(C)(C)C. The van der Waals surface area contributed by atoms with E-state index in [0.29, 0.717) is 0 Å². The number of carbonyl (C=O) groups is 1. The molecule has 0 spiro atoms. The van der Waals surface area contributed by atoms with E-state index in [0.717, 1.165) is 5.57 Å². The molecule has 14 heavy (non-hydrogen) atoms. The van der Waals surface area contributed by atoms with Gasteiger partial charge in [-0.25, -0.2) is 4.79 Å². The minimum Gasteiger partial charge on any atom is -0.454 e. The zero-order valence-electron chi connectivity index (χ0n) is 9.97. The molecule has 2 nitrogen and oxygen atoms in total. The Labute approximate surface area is 86.3 Å². The lowest BCUT2D eigenvalue weighted by atomic mass is 9.75. The Kier molecular flexibility index (Phi) is 2.51. The molecule has 1 aliphatic rings. The first kappa shape index (κ1) is 11.3. The molecule has 1 rings (SSSR count). The average molecular weight is 196 g/mol. The molecular weight excluding hydrogens is 176 g/mol. The Hall–Kier alpha value is -0.790. The molecule has 80 valence electrons. The molecule has 2 heteroatoms. The van der Waals surface area contributed by atoms with E-state index in [2.05, 4.69) is 41.5 Å². The van der Waals surface area contributed by atoms with Crippen LogP contribution in [-0.2, 0) is 9.53 Å². The lowest BCUT2D eigenvalue weighted by Crippen LogP contribution is -2.33. The van der Waals surface area contributed by atoms with Crippen molar-refractivity contribution in [1.82, 2.24) is 0 Å². The minimum atomic E-state index is -0.199. The fourth-order valence-electron chi connectivity index (χ4n) is 1.67. The summed E-state index contributed by atoms with van der Waals surface area (Å²) in [5.41, 5.74) is 1.09. The third-order valence-electron chi connectivity index (χ3n) is 2.44. The number of hydrogen-bond donors (Lipinski definition) is 0.